The van der Waals surface area contributed by atoms with Gasteiger partial charge in [-0.25, -0.2) is 4.98 Å². The topological polar surface area (TPSA) is 162 Å². The second-order valence-electron chi connectivity index (χ2n) is 10.7. The molecule has 242 valence electrons. The molecular weight excluding hydrogens is 592 g/mol. The van der Waals surface area contributed by atoms with Gasteiger partial charge in [-0.05, 0) is 55.2 Å². The first kappa shape index (κ1) is 35.2. The number of hydrogen-bond donors (Lipinski definition) is 5. The zero-order chi connectivity index (χ0) is 32.3. The predicted molar refractivity (Wildman–Crippen MR) is 178 cm³/mol. The van der Waals surface area contributed by atoms with Crippen molar-refractivity contribution in [2.45, 2.75) is 69.1 Å². The fraction of sp³-hybridized carbons (Fsp3) is 0.394. The third-order valence-electron chi connectivity index (χ3n) is 7.20. The summed E-state index contributed by atoms with van der Waals surface area (Å²) in [6.07, 6.45) is 13.5. The molecule has 3 rings (SSSR count). The number of benzene rings is 2. The van der Waals surface area contributed by atoms with E-state index in [-0.39, 0.29) is 22.3 Å². The predicted octanol–water partition coefficient (Wildman–Crippen LogP) is 5.42. The first-order valence-corrected chi connectivity index (χ1v) is 16.8. The number of aryl methyl sites for hydroxylation is 1. The van der Waals surface area contributed by atoms with Gasteiger partial charge in [0.15, 0.2) is 0 Å². The van der Waals surface area contributed by atoms with Crippen LogP contribution in [0.5, 0.6) is 0 Å². The van der Waals surface area contributed by atoms with Gasteiger partial charge in [0.05, 0.1) is 11.8 Å². The Morgan fingerprint density at radius 3 is 2.18 bits per heavy atom. The van der Waals surface area contributed by atoms with Crippen molar-refractivity contribution in [1.82, 2.24) is 15.6 Å². The van der Waals surface area contributed by atoms with E-state index in [0.717, 1.165) is 31.4 Å². The van der Waals surface area contributed by atoms with Gasteiger partial charge in [-0.3, -0.25) is 19.6 Å². The van der Waals surface area contributed by atoms with Crippen LogP contribution < -0.4 is 21.4 Å². The number of carbonyl (C=O) groups is 2. The van der Waals surface area contributed by atoms with E-state index in [9.17, 15) is 22.6 Å². The maximum absolute atomic E-state index is 12.4. The van der Waals surface area contributed by atoms with Crippen molar-refractivity contribution in [2.24, 2.45) is 5.10 Å². The standard InChI is InChI=1S/C33H44N6O5S/c1-34-29-19-16-26(17-20-29)12-8-6-4-2-3-5-7-9-15-32(40)35-22-23-36-33(41)28-18-21-31(37-24-28)39-38-25-27-13-10-11-14-30(27)45(42,43)44/h10-11,13-14,16-21,24-25,34H,2-9,12,15,22-23H2,1H3,(H,35,40)(H,36,41)(H,37,39)(H,42,43,44)/b38-25-. The van der Waals surface area contributed by atoms with Crippen LogP contribution >= 0.6 is 0 Å². The molecule has 0 unspecified atom stereocenters. The number of anilines is 2. The molecule has 3 aromatic rings. The lowest BCUT2D eigenvalue weighted by Gasteiger charge is -2.08. The Hall–Kier alpha value is -4.29. The van der Waals surface area contributed by atoms with Crippen molar-refractivity contribution in [3.8, 4) is 0 Å². The molecule has 0 aliphatic rings. The van der Waals surface area contributed by atoms with Gasteiger partial charge in [0.1, 0.15) is 10.7 Å². The summed E-state index contributed by atoms with van der Waals surface area (Å²) in [5.74, 6) is 0.00260. The highest BCUT2D eigenvalue weighted by atomic mass is 32.2. The molecule has 1 heterocycles. The van der Waals surface area contributed by atoms with E-state index in [0.29, 0.717) is 30.9 Å². The number of carbonyl (C=O) groups excluding carboxylic acids is 2. The second-order valence-corrected chi connectivity index (χ2v) is 12.1. The fourth-order valence-corrected chi connectivity index (χ4v) is 5.34. The second kappa shape index (κ2) is 19.2. The van der Waals surface area contributed by atoms with Gasteiger partial charge in [0, 0.05) is 44.0 Å². The Morgan fingerprint density at radius 2 is 1.51 bits per heavy atom. The highest BCUT2D eigenvalue weighted by Crippen LogP contribution is 2.15. The zero-order valence-electron chi connectivity index (χ0n) is 25.8. The molecule has 0 saturated heterocycles. The molecule has 11 nitrogen and oxygen atoms in total. The largest absolute Gasteiger partial charge is 0.388 e. The molecular formula is C33H44N6O5S. The van der Waals surface area contributed by atoms with E-state index in [2.05, 4.69) is 55.7 Å². The van der Waals surface area contributed by atoms with Crippen molar-refractivity contribution in [2.75, 3.05) is 30.9 Å². The normalized spacial score (nSPS) is 11.3. The Kier molecular flexibility index (Phi) is 15.0. The SMILES string of the molecule is CNc1ccc(CCCCCCCCCCC(=O)NCCNC(=O)c2ccc(N/N=C\c3ccccc3S(=O)(=O)O)nc2)cc1. The number of amides is 2. The number of nitrogens with zero attached hydrogens (tertiary/aromatic N) is 2. The van der Waals surface area contributed by atoms with Crippen molar-refractivity contribution in [3.05, 3.63) is 83.6 Å². The highest BCUT2D eigenvalue weighted by Gasteiger charge is 2.13. The Morgan fingerprint density at radius 1 is 0.844 bits per heavy atom. The van der Waals surface area contributed by atoms with E-state index < -0.39 is 10.1 Å². The van der Waals surface area contributed by atoms with Gasteiger partial charge >= 0.3 is 0 Å². The average Bonchev–Trinajstić information content (AvgIpc) is 3.04. The summed E-state index contributed by atoms with van der Waals surface area (Å²) < 4.78 is 32.2. The minimum atomic E-state index is -4.38. The molecule has 0 radical (unpaired) electrons. The Bertz CT molecular complexity index is 1480. The molecule has 1 aromatic heterocycles. The monoisotopic (exact) mass is 636 g/mol. The minimum Gasteiger partial charge on any atom is -0.388 e. The van der Waals surface area contributed by atoms with E-state index in [1.807, 2.05) is 7.05 Å². The minimum absolute atomic E-state index is 0.0103. The summed E-state index contributed by atoms with van der Waals surface area (Å²) in [5.41, 5.74) is 5.73. The molecule has 45 heavy (non-hydrogen) atoms. The quantitative estimate of drug-likeness (QED) is 0.0476. The summed E-state index contributed by atoms with van der Waals surface area (Å²) >= 11 is 0. The number of hydrogen-bond acceptors (Lipinski definition) is 8. The van der Waals surface area contributed by atoms with Gasteiger partial charge in [-0.1, -0.05) is 68.9 Å². The highest BCUT2D eigenvalue weighted by molar-refractivity contribution is 7.86. The zero-order valence-corrected chi connectivity index (χ0v) is 26.6. The molecule has 0 aliphatic carbocycles. The lowest BCUT2D eigenvalue weighted by molar-refractivity contribution is -0.121. The van der Waals surface area contributed by atoms with Gasteiger partial charge in [0.25, 0.3) is 16.0 Å². The summed E-state index contributed by atoms with van der Waals surface area (Å²) in [4.78, 5) is 28.3. The van der Waals surface area contributed by atoms with Gasteiger partial charge < -0.3 is 16.0 Å². The molecule has 12 heteroatoms. The number of aromatic nitrogens is 1. The van der Waals surface area contributed by atoms with Crippen molar-refractivity contribution in [3.63, 3.8) is 0 Å². The van der Waals surface area contributed by atoms with Crippen molar-refractivity contribution >= 4 is 39.7 Å². The molecule has 2 aromatic carbocycles. The van der Waals surface area contributed by atoms with Crippen LogP contribution in [-0.4, -0.2) is 56.1 Å². The van der Waals surface area contributed by atoms with Crippen LogP contribution in [0.1, 0.15) is 79.3 Å². The molecule has 0 bridgehead atoms. The fourth-order valence-electron chi connectivity index (χ4n) is 4.67. The van der Waals surface area contributed by atoms with Crippen LogP contribution in [0.15, 0.2) is 76.9 Å². The number of rotatable bonds is 20. The molecule has 0 spiro atoms. The molecule has 0 aliphatic heterocycles. The first-order chi connectivity index (χ1) is 21.8. The van der Waals surface area contributed by atoms with Crippen LogP contribution in [0.3, 0.4) is 0 Å². The summed E-state index contributed by atoms with van der Waals surface area (Å²) in [5, 5.41) is 12.7. The Labute approximate surface area is 266 Å². The van der Waals surface area contributed by atoms with Crippen LogP contribution in [0.2, 0.25) is 0 Å². The number of unbranched alkanes of at least 4 members (excludes halogenated alkanes) is 7. The molecule has 5 N–H and O–H groups in total. The van der Waals surface area contributed by atoms with Gasteiger partial charge in [0.2, 0.25) is 5.91 Å². The van der Waals surface area contributed by atoms with Crippen LogP contribution in [0.4, 0.5) is 11.5 Å². The molecule has 2 amide bonds. The maximum Gasteiger partial charge on any atom is 0.295 e. The third-order valence-corrected chi connectivity index (χ3v) is 8.13. The van der Waals surface area contributed by atoms with E-state index in [4.69, 9.17) is 0 Å². The molecule has 0 saturated carbocycles. The molecule has 0 fully saturated rings. The average molecular weight is 637 g/mol. The van der Waals surface area contributed by atoms with E-state index in [1.165, 1.54) is 68.3 Å². The van der Waals surface area contributed by atoms with Gasteiger partial charge in [-0.15, -0.1) is 0 Å². The lowest BCUT2D eigenvalue weighted by atomic mass is 10.0. The summed E-state index contributed by atoms with van der Waals surface area (Å²) in [7, 11) is -2.45. The smallest absolute Gasteiger partial charge is 0.295 e. The number of pyridine rings is 1. The van der Waals surface area contributed by atoms with Crippen molar-refractivity contribution in [1.29, 1.82) is 0 Å². The van der Waals surface area contributed by atoms with E-state index in [1.54, 1.807) is 18.2 Å². The number of nitrogens with one attached hydrogen (secondary N) is 4. The van der Waals surface area contributed by atoms with Crippen LogP contribution in [0.25, 0.3) is 0 Å². The molecule has 0 atom stereocenters. The Balaban J connectivity index is 1.19. The lowest BCUT2D eigenvalue weighted by Crippen LogP contribution is -2.34. The number of hydrazone groups is 1. The summed E-state index contributed by atoms with van der Waals surface area (Å²) in [6, 6.07) is 17.6. The van der Waals surface area contributed by atoms with Crippen LogP contribution in [-0.2, 0) is 21.3 Å². The maximum atomic E-state index is 12.4. The first-order valence-electron chi connectivity index (χ1n) is 15.4. The van der Waals surface area contributed by atoms with Gasteiger partial charge in [-0.2, -0.15) is 13.5 Å². The third kappa shape index (κ3) is 13.5. The van der Waals surface area contributed by atoms with Crippen molar-refractivity contribution < 1.29 is 22.6 Å². The summed E-state index contributed by atoms with van der Waals surface area (Å²) in [6.45, 7) is 0.639. The van der Waals surface area contributed by atoms with E-state index >= 15 is 0 Å². The van der Waals surface area contributed by atoms with Crippen LogP contribution in [0, 0.1) is 0 Å².